The first-order chi connectivity index (χ1) is 12.0. The molecule has 132 valence electrons. The highest BCUT2D eigenvalue weighted by molar-refractivity contribution is 5.92. The Morgan fingerprint density at radius 2 is 1.48 bits per heavy atom. The van der Waals surface area contributed by atoms with Crippen molar-refractivity contribution in [3.63, 3.8) is 0 Å². The standard InChI is InChI=1S/C20H25N3O2/c1-15(2)14-19(24)22-17-8-10-18(11-9-17)23-20(25)21-13-12-16-6-4-3-5-7-16/h3-11,15H,12-14H2,1-2H3,(H,22,24)(H2,21,23,25). The van der Waals surface area contributed by atoms with E-state index < -0.39 is 0 Å². The second-order valence-electron chi connectivity index (χ2n) is 6.34. The number of carbonyl (C=O) groups is 2. The van der Waals surface area contributed by atoms with Gasteiger partial charge in [-0.05, 0) is 42.2 Å². The number of amides is 3. The maximum absolute atomic E-state index is 11.9. The lowest BCUT2D eigenvalue weighted by molar-refractivity contribution is -0.116. The Hall–Kier alpha value is -2.82. The van der Waals surface area contributed by atoms with E-state index in [1.807, 2.05) is 44.2 Å². The summed E-state index contributed by atoms with van der Waals surface area (Å²) in [5.74, 6) is 0.315. The van der Waals surface area contributed by atoms with E-state index in [1.165, 1.54) is 5.56 Å². The molecule has 3 amide bonds. The Morgan fingerprint density at radius 3 is 2.08 bits per heavy atom. The molecule has 5 nitrogen and oxygen atoms in total. The van der Waals surface area contributed by atoms with Crippen LogP contribution in [-0.2, 0) is 11.2 Å². The van der Waals surface area contributed by atoms with Crippen molar-refractivity contribution >= 4 is 23.3 Å². The molecule has 3 N–H and O–H groups in total. The highest BCUT2D eigenvalue weighted by Gasteiger charge is 2.06. The summed E-state index contributed by atoms with van der Waals surface area (Å²) >= 11 is 0. The fourth-order valence-electron chi connectivity index (χ4n) is 2.36. The Labute approximate surface area is 148 Å². The van der Waals surface area contributed by atoms with Gasteiger partial charge in [-0.15, -0.1) is 0 Å². The van der Waals surface area contributed by atoms with Crippen LogP contribution in [0.3, 0.4) is 0 Å². The maximum atomic E-state index is 11.9. The van der Waals surface area contributed by atoms with Gasteiger partial charge < -0.3 is 16.0 Å². The van der Waals surface area contributed by atoms with Crippen LogP contribution in [0.4, 0.5) is 16.2 Å². The first-order valence-corrected chi connectivity index (χ1v) is 8.51. The molecule has 0 heterocycles. The van der Waals surface area contributed by atoms with Crippen molar-refractivity contribution in [1.82, 2.24) is 5.32 Å². The minimum atomic E-state index is -0.243. The molecule has 0 fully saturated rings. The summed E-state index contributed by atoms with van der Waals surface area (Å²) in [4.78, 5) is 23.6. The van der Waals surface area contributed by atoms with E-state index in [1.54, 1.807) is 24.3 Å². The number of hydrogen-bond acceptors (Lipinski definition) is 2. The molecule has 0 aliphatic carbocycles. The third kappa shape index (κ3) is 7.08. The third-order valence-corrected chi connectivity index (χ3v) is 3.56. The molecule has 0 aliphatic rings. The van der Waals surface area contributed by atoms with Crippen LogP contribution >= 0.6 is 0 Å². The zero-order valence-corrected chi connectivity index (χ0v) is 14.7. The van der Waals surface area contributed by atoms with Crippen LogP contribution in [0.1, 0.15) is 25.8 Å². The lowest BCUT2D eigenvalue weighted by atomic mass is 10.1. The second kappa shape index (κ2) is 9.47. The molecule has 0 saturated carbocycles. The van der Waals surface area contributed by atoms with E-state index in [0.717, 1.165) is 12.1 Å². The number of urea groups is 1. The lowest BCUT2D eigenvalue weighted by Crippen LogP contribution is -2.30. The van der Waals surface area contributed by atoms with Gasteiger partial charge in [0, 0.05) is 24.3 Å². The highest BCUT2D eigenvalue weighted by atomic mass is 16.2. The van der Waals surface area contributed by atoms with Crippen molar-refractivity contribution in [2.45, 2.75) is 26.7 Å². The second-order valence-corrected chi connectivity index (χ2v) is 6.34. The first-order valence-electron chi connectivity index (χ1n) is 8.51. The van der Waals surface area contributed by atoms with Crippen molar-refractivity contribution < 1.29 is 9.59 Å². The van der Waals surface area contributed by atoms with E-state index in [0.29, 0.717) is 24.6 Å². The molecule has 0 saturated heterocycles. The fraction of sp³-hybridized carbons (Fsp3) is 0.300. The summed E-state index contributed by atoms with van der Waals surface area (Å²) in [6.07, 6.45) is 1.28. The predicted molar refractivity (Wildman–Crippen MR) is 102 cm³/mol. The predicted octanol–water partition coefficient (Wildman–Crippen LogP) is 4.04. The molecule has 0 aliphatic heterocycles. The molecule has 5 heteroatoms. The van der Waals surface area contributed by atoms with Gasteiger partial charge in [0.15, 0.2) is 0 Å². The van der Waals surface area contributed by atoms with Gasteiger partial charge in [0.05, 0.1) is 0 Å². The zero-order chi connectivity index (χ0) is 18.1. The number of hydrogen-bond donors (Lipinski definition) is 3. The monoisotopic (exact) mass is 339 g/mol. The first kappa shape index (κ1) is 18.5. The van der Waals surface area contributed by atoms with Crippen molar-refractivity contribution in [1.29, 1.82) is 0 Å². The van der Waals surface area contributed by atoms with Crippen molar-refractivity contribution in [3.05, 3.63) is 60.2 Å². The van der Waals surface area contributed by atoms with Gasteiger partial charge in [-0.1, -0.05) is 44.2 Å². The summed E-state index contributed by atoms with van der Waals surface area (Å²) in [6, 6.07) is 16.8. The molecule has 0 unspecified atom stereocenters. The Balaban J connectivity index is 1.74. The Kier molecular flexibility index (Phi) is 7.01. The van der Waals surface area contributed by atoms with E-state index in [4.69, 9.17) is 0 Å². The molecule has 2 rings (SSSR count). The molecule has 2 aromatic rings. The summed E-state index contributed by atoms with van der Waals surface area (Å²) in [5, 5.41) is 8.45. The molecule has 0 aromatic heterocycles. The maximum Gasteiger partial charge on any atom is 0.319 e. The van der Waals surface area contributed by atoms with Crippen LogP contribution < -0.4 is 16.0 Å². The molecule has 0 spiro atoms. The zero-order valence-electron chi connectivity index (χ0n) is 14.7. The Bertz CT molecular complexity index is 682. The minimum Gasteiger partial charge on any atom is -0.338 e. The topological polar surface area (TPSA) is 70.2 Å². The smallest absolute Gasteiger partial charge is 0.319 e. The molecule has 0 atom stereocenters. The number of anilines is 2. The van der Waals surface area contributed by atoms with Crippen LogP contribution in [-0.4, -0.2) is 18.5 Å². The molecule has 2 aromatic carbocycles. The Morgan fingerprint density at radius 1 is 0.880 bits per heavy atom. The molecule has 0 bridgehead atoms. The van der Waals surface area contributed by atoms with Crippen LogP contribution in [0.2, 0.25) is 0 Å². The van der Waals surface area contributed by atoms with E-state index in [2.05, 4.69) is 16.0 Å². The minimum absolute atomic E-state index is 0.00522. The lowest BCUT2D eigenvalue weighted by Gasteiger charge is -2.10. The van der Waals surface area contributed by atoms with Crippen molar-refractivity contribution in [2.75, 3.05) is 17.2 Å². The van der Waals surface area contributed by atoms with Crippen molar-refractivity contribution in [2.24, 2.45) is 5.92 Å². The van der Waals surface area contributed by atoms with Crippen LogP contribution in [0.15, 0.2) is 54.6 Å². The van der Waals surface area contributed by atoms with Crippen LogP contribution in [0, 0.1) is 5.92 Å². The van der Waals surface area contributed by atoms with Gasteiger partial charge in [-0.2, -0.15) is 0 Å². The average molecular weight is 339 g/mol. The summed E-state index contributed by atoms with van der Waals surface area (Å²) < 4.78 is 0. The van der Waals surface area contributed by atoms with Gasteiger partial charge in [0.25, 0.3) is 0 Å². The molecule has 0 radical (unpaired) electrons. The van der Waals surface area contributed by atoms with Crippen LogP contribution in [0.5, 0.6) is 0 Å². The number of nitrogens with one attached hydrogen (secondary N) is 3. The van der Waals surface area contributed by atoms with Gasteiger partial charge >= 0.3 is 6.03 Å². The van der Waals surface area contributed by atoms with E-state index in [-0.39, 0.29) is 11.9 Å². The fourth-order valence-corrected chi connectivity index (χ4v) is 2.36. The van der Waals surface area contributed by atoms with Gasteiger partial charge in [0.2, 0.25) is 5.91 Å². The molecular formula is C20H25N3O2. The van der Waals surface area contributed by atoms with Crippen LogP contribution in [0.25, 0.3) is 0 Å². The summed E-state index contributed by atoms with van der Waals surface area (Å²) in [7, 11) is 0. The largest absolute Gasteiger partial charge is 0.338 e. The summed E-state index contributed by atoms with van der Waals surface area (Å²) in [6.45, 7) is 4.57. The highest BCUT2D eigenvalue weighted by Crippen LogP contribution is 2.14. The van der Waals surface area contributed by atoms with Gasteiger partial charge in [0.1, 0.15) is 0 Å². The third-order valence-electron chi connectivity index (χ3n) is 3.56. The quantitative estimate of drug-likeness (QED) is 0.712. The number of benzene rings is 2. The van der Waals surface area contributed by atoms with E-state index >= 15 is 0 Å². The summed E-state index contributed by atoms with van der Waals surface area (Å²) in [5.41, 5.74) is 2.59. The normalized spacial score (nSPS) is 10.4. The average Bonchev–Trinajstić information content (AvgIpc) is 2.57. The molecule has 25 heavy (non-hydrogen) atoms. The molecular weight excluding hydrogens is 314 g/mol. The SMILES string of the molecule is CC(C)CC(=O)Nc1ccc(NC(=O)NCCc2ccccc2)cc1. The van der Waals surface area contributed by atoms with Crippen molar-refractivity contribution in [3.8, 4) is 0 Å². The number of rotatable bonds is 7. The van der Waals surface area contributed by atoms with Gasteiger partial charge in [-0.3, -0.25) is 4.79 Å². The van der Waals surface area contributed by atoms with Gasteiger partial charge in [-0.25, -0.2) is 4.79 Å². The van der Waals surface area contributed by atoms with E-state index in [9.17, 15) is 9.59 Å². The number of carbonyl (C=O) groups excluding carboxylic acids is 2.